The fourth-order valence-corrected chi connectivity index (χ4v) is 2.09. The van der Waals surface area contributed by atoms with E-state index >= 15 is 0 Å². The molecule has 0 saturated heterocycles. The van der Waals surface area contributed by atoms with Gasteiger partial charge in [0.25, 0.3) is 0 Å². The van der Waals surface area contributed by atoms with Crippen LogP contribution in [0.1, 0.15) is 65.2 Å². The van der Waals surface area contributed by atoms with Gasteiger partial charge in [-0.15, -0.1) is 0 Å². The Morgan fingerprint density at radius 3 is 1.56 bits per heavy atom. The third-order valence-electron chi connectivity index (χ3n) is 3.11. The molecule has 0 heterocycles. The van der Waals surface area contributed by atoms with E-state index in [1.807, 2.05) is 13.0 Å². The molecule has 0 amide bonds. The Bertz CT molecular complexity index is 418. The molecule has 1 aromatic carbocycles. The predicted octanol–water partition coefficient (Wildman–Crippen LogP) is 5.02. The standard InChI is InChI=1S/C17H26O/c1-8-9-12-10-13(16(2,3)4)15(18)14(11-12)17(5,6)7/h8-11,18H,1-7H3/b9-8-. The molecule has 0 aliphatic rings. The summed E-state index contributed by atoms with van der Waals surface area (Å²) in [5.41, 5.74) is 3.08. The van der Waals surface area contributed by atoms with Gasteiger partial charge in [-0.3, -0.25) is 0 Å². The number of allylic oxidation sites excluding steroid dienone is 1. The average Bonchev–Trinajstić information content (AvgIpc) is 2.17. The van der Waals surface area contributed by atoms with Crippen molar-refractivity contribution >= 4 is 6.08 Å². The van der Waals surface area contributed by atoms with Crippen molar-refractivity contribution in [1.82, 2.24) is 0 Å². The number of phenolic OH excluding ortho intramolecular Hbond substituents is 1. The van der Waals surface area contributed by atoms with Crippen LogP contribution in [0.3, 0.4) is 0 Å². The molecule has 1 N–H and O–H groups in total. The summed E-state index contributed by atoms with van der Waals surface area (Å²) < 4.78 is 0. The highest BCUT2D eigenvalue weighted by Crippen LogP contribution is 2.39. The Labute approximate surface area is 112 Å². The lowest BCUT2D eigenvalue weighted by Gasteiger charge is -2.27. The SMILES string of the molecule is C/C=C\c1cc(C(C)(C)C)c(O)c(C(C)(C)C)c1. The zero-order valence-corrected chi connectivity index (χ0v) is 12.8. The summed E-state index contributed by atoms with van der Waals surface area (Å²) in [5, 5.41) is 10.5. The fourth-order valence-electron chi connectivity index (χ4n) is 2.09. The molecule has 0 aromatic heterocycles. The third kappa shape index (κ3) is 3.16. The maximum absolute atomic E-state index is 10.5. The van der Waals surface area contributed by atoms with E-state index in [0.717, 1.165) is 16.7 Å². The summed E-state index contributed by atoms with van der Waals surface area (Å²) in [6.45, 7) is 14.8. The van der Waals surface area contributed by atoms with E-state index in [1.54, 1.807) is 0 Å². The molecule has 0 radical (unpaired) electrons. The van der Waals surface area contributed by atoms with Crippen LogP contribution in [0.4, 0.5) is 0 Å². The highest BCUT2D eigenvalue weighted by molar-refractivity contribution is 5.59. The maximum atomic E-state index is 10.5. The summed E-state index contributed by atoms with van der Waals surface area (Å²) in [5.74, 6) is 0.447. The second-order valence-corrected chi connectivity index (χ2v) is 6.96. The number of phenols is 1. The molecule has 0 aliphatic carbocycles. The van der Waals surface area contributed by atoms with Gasteiger partial charge < -0.3 is 5.11 Å². The van der Waals surface area contributed by atoms with Gasteiger partial charge in [0, 0.05) is 11.1 Å². The maximum Gasteiger partial charge on any atom is 0.123 e. The summed E-state index contributed by atoms with van der Waals surface area (Å²) >= 11 is 0. The van der Waals surface area contributed by atoms with Crippen molar-refractivity contribution < 1.29 is 5.11 Å². The fraction of sp³-hybridized carbons (Fsp3) is 0.529. The molecule has 1 nitrogen and oxygen atoms in total. The van der Waals surface area contributed by atoms with Gasteiger partial charge in [-0.1, -0.05) is 53.7 Å². The largest absolute Gasteiger partial charge is 0.507 e. The lowest BCUT2D eigenvalue weighted by atomic mass is 9.78. The molecule has 1 rings (SSSR count). The Kier molecular flexibility index (Phi) is 3.95. The molecule has 100 valence electrons. The number of rotatable bonds is 1. The normalized spacial score (nSPS) is 13.3. The van der Waals surface area contributed by atoms with E-state index in [4.69, 9.17) is 0 Å². The van der Waals surface area contributed by atoms with Gasteiger partial charge in [-0.05, 0) is 35.4 Å². The number of hydrogen-bond acceptors (Lipinski definition) is 1. The monoisotopic (exact) mass is 246 g/mol. The minimum absolute atomic E-state index is 0.0539. The minimum atomic E-state index is -0.0539. The lowest BCUT2D eigenvalue weighted by Crippen LogP contribution is -2.17. The Morgan fingerprint density at radius 1 is 0.889 bits per heavy atom. The van der Waals surface area contributed by atoms with Crippen molar-refractivity contribution in [2.45, 2.75) is 59.3 Å². The van der Waals surface area contributed by atoms with Gasteiger partial charge in [0.05, 0.1) is 0 Å². The second kappa shape index (κ2) is 4.79. The van der Waals surface area contributed by atoms with Gasteiger partial charge in [-0.2, -0.15) is 0 Å². The number of aromatic hydroxyl groups is 1. The molecule has 18 heavy (non-hydrogen) atoms. The quantitative estimate of drug-likeness (QED) is 0.737. The van der Waals surface area contributed by atoms with Crippen LogP contribution in [0, 0.1) is 0 Å². The van der Waals surface area contributed by atoms with Gasteiger partial charge >= 0.3 is 0 Å². The molecule has 1 aromatic rings. The molecule has 0 unspecified atom stereocenters. The van der Waals surface area contributed by atoms with Gasteiger partial charge in [0.2, 0.25) is 0 Å². The van der Waals surface area contributed by atoms with E-state index in [9.17, 15) is 5.11 Å². The summed E-state index contributed by atoms with van der Waals surface area (Å²) in [4.78, 5) is 0. The van der Waals surface area contributed by atoms with Crippen LogP contribution in [-0.4, -0.2) is 5.11 Å². The highest BCUT2D eigenvalue weighted by atomic mass is 16.3. The highest BCUT2D eigenvalue weighted by Gasteiger charge is 2.25. The molecule has 0 bridgehead atoms. The van der Waals surface area contributed by atoms with Crippen LogP contribution >= 0.6 is 0 Å². The second-order valence-electron chi connectivity index (χ2n) is 6.96. The molecule has 0 saturated carbocycles. The van der Waals surface area contributed by atoms with Gasteiger partial charge in [0.1, 0.15) is 5.75 Å². The van der Waals surface area contributed by atoms with E-state index < -0.39 is 0 Å². The van der Waals surface area contributed by atoms with Crippen molar-refractivity contribution in [3.8, 4) is 5.75 Å². The van der Waals surface area contributed by atoms with Crippen molar-refractivity contribution in [3.63, 3.8) is 0 Å². The van der Waals surface area contributed by atoms with Crippen LogP contribution in [0.15, 0.2) is 18.2 Å². The van der Waals surface area contributed by atoms with E-state index in [0.29, 0.717) is 5.75 Å². The molecule has 0 atom stereocenters. The van der Waals surface area contributed by atoms with Crippen molar-refractivity contribution in [2.75, 3.05) is 0 Å². The summed E-state index contributed by atoms with van der Waals surface area (Å²) in [6.07, 6.45) is 4.12. The first-order valence-corrected chi connectivity index (χ1v) is 6.58. The smallest absolute Gasteiger partial charge is 0.123 e. The van der Waals surface area contributed by atoms with Crippen LogP contribution in [0.2, 0.25) is 0 Å². The molecular weight excluding hydrogens is 220 g/mol. The van der Waals surface area contributed by atoms with Crippen molar-refractivity contribution in [2.24, 2.45) is 0 Å². The summed E-state index contributed by atoms with van der Waals surface area (Å²) in [7, 11) is 0. The van der Waals surface area contributed by atoms with E-state index in [-0.39, 0.29) is 10.8 Å². The van der Waals surface area contributed by atoms with Crippen LogP contribution < -0.4 is 0 Å². The van der Waals surface area contributed by atoms with E-state index in [1.165, 1.54) is 0 Å². The zero-order chi connectivity index (χ0) is 14.1. The number of hydrogen-bond donors (Lipinski definition) is 1. The zero-order valence-electron chi connectivity index (χ0n) is 12.8. The molecule has 0 spiro atoms. The first-order chi connectivity index (χ1) is 8.07. The molecule has 1 heteroatoms. The first kappa shape index (κ1) is 14.8. The lowest BCUT2D eigenvalue weighted by molar-refractivity contribution is 0.423. The Hall–Kier alpha value is -1.24. The number of benzene rings is 1. The molecule has 0 aliphatic heterocycles. The minimum Gasteiger partial charge on any atom is -0.507 e. The average molecular weight is 246 g/mol. The van der Waals surface area contributed by atoms with Crippen LogP contribution in [0.25, 0.3) is 6.08 Å². The Morgan fingerprint density at radius 2 is 1.28 bits per heavy atom. The van der Waals surface area contributed by atoms with Crippen molar-refractivity contribution in [3.05, 3.63) is 34.9 Å². The first-order valence-electron chi connectivity index (χ1n) is 6.58. The molecular formula is C17H26O. The van der Waals surface area contributed by atoms with Crippen molar-refractivity contribution in [1.29, 1.82) is 0 Å². The van der Waals surface area contributed by atoms with Crippen LogP contribution in [-0.2, 0) is 10.8 Å². The predicted molar refractivity (Wildman–Crippen MR) is 80.2 cm³/mol. The Balaban J connectivity index is 3.59. The summed E-state index contributed by atoms with van der Waals surface area (Å²) in [6, 6.07) is 4.18. The van der Waals surface area contributed by atoms with E-state index in [2.05, 4.69) is 59.8 Å². The van der Waals surface area contributed by atoms with Gasteiger partial charge in [-0.25, -0.2) is 0 Å². The molecule has 0 fully saturated rings. The third-order valence-corrected chi connectivity index (χ3v) is 3.11. The van der Waals surface area contributed by atoms with Gasteiger partial charge in [0.15, 0.2) is 0 Å². The topological polar surface area (TPSA) is 20.2 Å². The van der Waals surface area contributed by atoms with Crippen LogP contribution in [0.5, 0.6) is 5.75 Å².